The number of hydrogen-bond acceptors (Lipinski definition) is 5. The van der Waals surface area contributed by atoms with Gasteiger partial charge in [-0.05, 0) is 36.8 Å². The maximum Gasteiger partial charge on any atom is 0.227 e. The number of aryl methyl sites for hydroxylation is 1. The molecule has 0 unspecified atom stereocenters. The minimum absolute atomic E-state index is 0.560. The highest BCUT2D eigenvalue weighted by Crippen LogP contribution is 2.28. The molecular formula is C23H18N6. The monoisotopic (exact) mass is 378 g/mol. The summed E-state index contributed by atoms with van der Waals surface area (Å²) >= 11 is 0. The molecule has 0 atom stereocenters. The fourth-order valence-electron chi connectivity index (χ4n) is 3.26. The Labute approximate surface area is 167 Å². The van der Waals surface area contributed by atoms with Gasteiger partial charge in [0, 0.05) is 22.8 Å². The van der Waals surface area contributed by atoms with Crippen LogP contribution in [-0.2, 0) is 0 Å². The van der Waals surface area contributed by atoms with Gasteiger partial charge in [-0.2, -0.15) is 5.10 Å². The van der Waals surface area contributed by atoms with Crippen molar-refractivity contribution in [3.8, 4) is 16.8 Å². The molecule has 0 amide bonds. The molecule has 2 heterocycles. The molecule has 0 saturated heterocycles. The second-order valence-electron chi connectivity index (χ2n) is 6.71. The maximum absolute atomic E-state index is 4.78. The third kappa shape index (κ3) is 3.43. The Kier molecular flexibility index (Phi) is 4.22. The van der Waals surface area contributed by atoms with E-state index in [-0.39, 0.29) is 0 Å². The zero-order chi connectivity index (χ0) is 19.6. The topological polar surface area (TPSA) is 68.5 Å². The normalized spacial score (nSPS) is 10.9. The van der Waals surface area contributed by atoms with Crippen molar-refractivity contribution in [2.24, 2.45) is 0 Å². The molecule has 5 aromatic rings. The van der Waals surface area contributed by atoms with Crippen LogP contribution >= 0.6 is 0 Å². The van der Waals surface area contributed by atoms with Gasteiger partial charge in [0.1, 0.15) is 12.2 Å². The first-order valence-corrected chi connectivity index (χ1v) is 9.33. The first kappa shape index (κ1) is 17.1. The number of aromatic nitrogens is 5. The van der Waals surface area contributed by atoms with Crippen LogP contribution in [0.5, 0.6) is 0 Å². The van der Waals surface area contributed by atoms with Crippen LogP contribution in [0.1, 0.15) is 5.82 Å². The van der Waals surface area contributed by atoms with Gasteiger partial charge in [-0.1, -0.05) is 48.5 Å². The van der Waals surface area contributed by atoms with Crippen molar-refractivity contribution in [3.63, 3.8) is 0 Å². The van der Waals surface area contributed by atoms with E-state index < -0.39 is 0 Å². The molecule has 3 aromatic carbocycles. The minimum atomic E-state index is 0.560. The van der Waals surface area contributed by atoms with Crippen LogP contribution < -0.4 is 5.32 Å². The largest absolute Gasteiger partial charge is 0.324 e. The number of rotatable bonds is 4. The van der Waals surface area contributed by atoms with E-state index in [1.165, 1.54) is 0 Å². The molecule has 0 aliphatic rings. The first-order valence-electron chi connectivity index (χ1n) is 9.33. The fraction of sp³-hybridized carbons (Fsp3) is 0.0435. The minimum Gasteiger partial charge on any atom is -0.324 e. The van der Waals surface area contributed by atoms with Crippen LogP contribution in [0.15, 0.2) is 85.3 Å². The summed E-state index contributed by atoms with van der Waals surface area (Å²) in [5.74, 6) is 1.30. The molecule has 0 saturated carbocycles. The molecule has 6 nitrogen and oxygen atoms in total. The van der Waals surface area contributed by atoms with E-state index >= 15 is 0 Å². The molecule has 140 valence electrons. The maximum atomic E-state index is 4.78. The van der Waals surface area contributed by atoms with E-state index in [9.17, 15) is 0 Å². The number of benzene rings is 3. The zero-order valence-corrected chi connectivity index (χ0v) is 15.8. The van der Waals surface area contributed by atoms with Gasteiger partial charge in [-0.3, -0.25) is 0 Å². The van der Waals surface area contributed by atoms with Gasteiger partial charge in [0.25, 0.3) is 0 Å². The quantitative estimate of drug-likeness (QED) is 0.480. The van der Waals surface area contributed by atoms with Gasteiger partial charge >= 0.3 is 0 Å². The van der Waals surface area contributed by atoms with E-state index in [0.29, 0.717) is 5.95 Å². The predicted octanol–water partition coefficient (Wildman–Crippen LogP) is 4.93. The zero-order valence-electron chi connectivity index (χ0n) is 15.8. The van der Waals surface area contributed by atoms with Crippen molar-refractivity contribution in [1.29, 1.82) is 0 Å². The van der Waals surface area contributed by atoms with Crippen LogP contribution in [-0.4, -0.2) is 24.7 Å². The molecule has 0 bridgehead atoms. The molecule has 29 heavy (non-hydrogen) atoms. The molecule has 6 heteroatoms. The molecule has 1 N–H and O–H groups in total. The Morgan fingerprint density at radius 2 is 1.66 bits per heavy atom. The number of anilines is 2. The molecule has 0 spiro atoms. The van der Waals surface area contributed by atoms with Crippen molar-refractivity contribution in [2.75, 3.05) is 5.32 Å². The second-order valence-corrected chi connectivity index (χ2v) is 6.71. The van der Waals surface area contributed by atoms with Crippen LogP contribution in [0.3, 0.4) is 0 Å². The smallest absolute Gasteiger partial charge is 0.227 e. The first-order chi connectivity index (χ1) is 14.3. The number of para-hydroxylation sites is 1. The second kappa shape index (κ2) is 7.16. The molecule has 0 fully saturated rings. The molecule has 2 aromatic heterocycles. The summed E-state index contributed by atoms with van der Waals surface area (Å²) in [6.45, 7) is 1.87. The van der Waals surface area contributed by atoms with Gasteiger partial charge in [0.05, 0.1) is 11.2 Å². The Morgan fingerprint density at radius 3 is 2.41 bits per heavy atom. The van der Waals surface area contributed by atoms with Crippen LogP contribution in [0.4, 0.5) is 11.6 Å². The van der Waals surface area contributed by atoms with E-state index in [1.807, 2.05) is 67.7 Å². The lowest BCUT2D eigenvalue weighted by Gasteiger charge is -2.09. The van der Waals surface area contributed by atoms with Gasteiger partial charge in [-0.25, -0.2) is 19.6 Å². The highest BCUT2D eigenvalue weighted by molar-refractivity contribution is 5.93. The summed E-state index contributed by atoms with van der Waals surface area (Å²) in [5, 5.41) is 8.63. The summed E-state index contributed by atoms with van der Waals surface area (Å²) in [5.41, 5.74) is 5.00. The Bertz CT molecular complexity index is 1280. The molecular weight excluding hydrogens is 360 g/mol. The predicted molar refractivity (Wildman–Crippen MR) is 114 cm³/mol. The SMILES string of the molecule is Cc1ncn(-c2ccc(Nc3ncc4cccc(-c5ccccc5)c4n3)cc2)n1. The van der Waals surface area contributed by atoms with Crippen LogP contribution in [0.25, 0.3) is 27.7 Å². The van der Waals surface area contributed by atoms with Gasteiger partial charge in [0.15, 0.2) is 0 Å². The van der Waals surface area contributed by atoms with E-state index in [2.05, 4.69) is 38.6 Å². The fourth-order valence-corrected chi connectivity index (χ4v) is 3.26. The number of nitrogens with zero attached hydrogens (tertiary/aromatic N) is 5. The van der Waals surface area contributed by atoms with E-state index in [0.717, 1.165) is 39.2 Å². The third-order valence-electron chi connectivity index (χ3n) is 4.69. The average molecular weight is 378 g/mol. The van der Waals surface area contributed by atoms with Crippen molar-refractivity contribution < 1.29 is 0 Å². The third-order valence-corrected chi connectivity index (χ3v) is 4.69. The lowest BCUT2D eigenvalue weighted by molar-refractivity contribution is 0.863. The molecule has 0 aliphatic carbocycles. The van der Waals surface area contributed by atoms with Gasteiger partial charge < -0.3 is 5.32 Å². The lowest BCUT2D eigenvalue weighted by Crippen LogP contribution is -1.99. The number of nitrogens with one attached hydrogen (secondary N) is 1. The van der Waals surface area contributed by atoms with Crippen LogP contribution in [0.2, 0.25) is 0 Å². The average Bonchev–Trinajstić information content (AvgIpc) is 3.21. The standard InChI is InChI=1S/C23H18N6/c1-16-25-15-29(28-16)20-12-10-19(11-13-20)26-23-24-14-18-8-5-9-21(22(18)27-23)17-6-3-2-4-7-17/h2-15H,1H3,(H,24,26,27). The summed E-state index contributed by atoms with van der Waals surface area (Å²) in [6.07, 6.45) is 3.55. The van der Waals surface area contributed by atoms with E-state index in [1.54, 1.807) is 11.0 Å². The highest BCUT2D eigenvalue weighted by Gasteiger charge is 2.08. The molecule has 5 rings (SSSR count). The van der Waals surface area contributed by atoms with Crippen LogP contribution in [0, 0.1) is 6.92 Å². The van der Waals surface area contributed by atoms with E-state index in [4.69, 9.17) is 4.98 Å². The summed E-state index contributed by atoms with van der Waals surface area (Å²) in [4.78, 5) is 13.4. The van der Waals surface area contributed by atoms with Crippen molar-refractivity contribution in [2.45, 2.75) is 6.92 Å². The summed E-state index contributed by atoms with van der Waals surface area (Å²) < 4.78 is 1.75. The lowest BCUT2D eigenvalue weighted by atomic mass is 10.0. The summed E-state index contributed by atoms with van der Waals surface area (Å²) in [6, 6.07) is 24.3. The Hall–Kier alpha value is -4.06. The van der Waals surface area contributed by atoms with Gasteiger partial charge in [0.2, 0.25) is 5.95 Å². The Balaban J connectivity index is 1.46. The van der Waals surface area contributed by atoms with Gasteiger partial charge in [-0.15, -0.1) is 0 Å². The number of fused-ring (bicyclic) bond motifs is 1. The number of hydrogen-bond donors (Lipinski definition) is 1. The highest BCUT2D eigenvalue weighted by atomic mass is 15.3. The molecule has 0 aliphatic heterocycles. The Morgan fingerprint density at radius 1 is 0.828 bits per heavy atom. The van der Waals surface area contributed by atoms with Crippen molar-refractivity contribution >= 4 is 22.5 Å². The van der Waals surface area contributed by atoms with Crippen molar-refractivity contribution in [3.05, 3.63) is 91.1 Å². The van der Waals surface area contributed by atoms with Crippen molar-refractivity contribution in [1.82, 2.24) is 24.7 Å². The summed E-state index contributed by atoms with van der Waals surface area (Å²) in [7, 11) is 0. The molecule has 0 radical (unpaired) electrons.